The SMILES string of the molecule is CCN(CC(=O)Nc1ccc(NC(C)=O)cc1)C(=O)c1cc(-c2ccc(C)cc2)n[nH]1. The number of hydrogen-bond acceptors (Lipinski definition) is 4. The summed E-state index contributed by atoms with van der Waals surface area (Å²) in [7, 11) is 0. The molecule has 3 N–H and O–H groups in total. The summed E-state index contributed by atoms with van der Waals surface area (Å²) in [4.78, 5) is 37.8. The Labute approximate surface area is 180 Å². The number of hydrogen-bond donors (Lipinski definition) is 3. The van der Waals surface area contributed by atoms with Crippen LogP contribution in [0.3, 0.4) is 0 Å². The molecule has 3 amide bonds. The van der Waals surface area contributed by atoms with Crippen LogP contribution in [0.4, 0.5) is 11.4 Å². The lowest BCUT2D eigenvalue weighted by atomic mass is 10.1. The lowest BCUT2D eigenvalue weighted by Gasteiger charge is -2.19. The number of aryl methyl sites for hydroxylation is 1. The second-order valence-corrected chi connectivity index (χ2v) is 7.16. The number of rotatable bonds is 7. The van der Waals surface area contributed by atoms with Crippen molar-refractivity contribution in [3.05, 3.63) is 65.9 Å². The average Bonchev–Trinajstić information content (AvgIpc) is 3.23. The van der Waals surface area contributed by atoms with Crippen molar-refractivity contribution in [1.29, 1.82) is 0 Å². The van der Waals surface area contributed by atoms with Gasteiger partial charge in [-0.1, -0.05) is 29.8 Å². The van der Waals surface area contributed by atoms with E-state index in [4.69, 9.17) is 0 Å². The summed E-state index contributed by atoms with van der Waals surface area (Å²) in [5.41, 5.74) is 4.26. The first kappa shape index (κ1) is 21.8. The number of aromatic nitrogens is 2. The van der Waals surface area contributed by atoms with Gasteiger partial charge in [0.1, 0.15) is 12.2 Å². The van der Waals surface area contributed by atoms with Crippen LogP contribution in [-0.4, -0.2) is 45.9 Å². The van der Waals surface area contributed by atoms with Crippen LogP contribution in [0.1, 0.15) is 29.9 Å². The number of likely N-dealkylation sites (N-methyl/N-ethyl adjacent to an activating group) is 1. The van der Waals surface area contributed by atoms with Crippen molar-refractivity contribution in [1.82, 2.24) is 15.1 Å². The minimum atomic E-state index is -0.319. The predicted molar refractivity (Wildman–Crippen MR) is 120 cm³/mol. The van der Waals surface area contributed by atoms with Gasteiger partial charge in [-0.05, 0) is 44.2 Å². The van der Waals surface area contributed by atoms with Gasteiger partial charge in [-0.2, -0.15) is 5.10 Å². The van der Waals surface area contributed by atoms with E-state index in [2.05, 4.69) is 20.8 Å². The molecule has 0 spiro atoms. The maximum absolute atomic E-state index is 12.8. The van der Waals surface area contributed by atoms with Crippen LogP contribution in [-0.2, 0) is 9.59 Å². The average molecular weight is 419 g/mol. The number of nitrogens with one attached hydrogen (secondary N) is 3. The highest BCUT2D eigenvalue weighted by atomic mass is 16.2. The molecule has 1 aromatic heterocycles. The van der Waals surface area contributed by atoms with E-state index in [9.17, 15) is 14.4 Å². The highest BCUT2D eigenvalue weighted by molar-refractivity contribution is 5.99. The Morgan fingerprint density at radius 3 is 2.16 bits per heavy atom. The number of carbonyl (C=O) groups is 3. The third-order valence-corrected chi connectivity index (χ3v) is 4.65. The molecule has 0 aliphatic carbocycles. The van der Waals surface area contributed by atoms with E-state index in [0.29, 0.717) is 29.3 Å². The molecular weight excluding hydrogens is 394 g/mol. The fraction of sp³-hybridized carbons (Fsp3) is 0.217. The van der Waals surface area contributed by atoms with E-state index in [1.165, 1.54) is 11.8 Å². The van der Waals surface area contributed by atoms with E-state index >= 15 is 0 Å². The summed E-state index contributed by atoms with van der Waals surface area (Å²) < 4.78 is 0. The third kappa shape index (κ3) is 5.79. The number of carbonyl (C=O) groups excluding carboxylic acids is 3. The van der Waals surface area contributed by atoms with Gasteiger partial charge in [0, 0.05) is 30.4 Å². The number of amides is 3. The Kier molecular flexibility index (Phi) is 6.81. The van der Waals surface area contributed by atoms with Crippen LogP contribution < -0.4 is 10.6 Å². The Bertz CT molecular complexity index is 1070. The molecule has 8 heteroatoms. The fourth-order valence-corrected chi connectivity index (χ4v) is 3.02. The molecule has 3 rings (SSSR count). The molecule has 3 aromatic rings. The summed E-state index contributed by atoms with van der Waals surface area (Å²) in [5.74, 6) is -0.788. The van der Waals surface area contributed by atoms with Gasteiger partial charge < -0.3 is 15.5 Å². The lowest BCUT2D eigenvalue weighted by molar-refractivity contribution is -0.117. The summed E-state index contributed by atoms with van der Waals surface area (Å²) in [5, 5.41) is 12.4. The Morgan fingerprint density at radius 2 is 1.58 bits per heavy atom. The van der Waals surface area contributed by atoms with E-state index in [1.54, 1.807) is 30.3 Å². The van der Waals surface area contributed by atoms with Crippen LogP contribution in [0.2, 0.25) is 0 Å². The molecule has 160 valence electrons. The fourth-order valence-electron chi connectivity index (χ4n) is 3.02. The largest absolute Gasteiger partial charge is 0.328 e. The second-order valence-electron chi connectivity index (χ2n) is 7.16. The molecule has 0 unspecified atom stereocenters. The molecule has 0 saturated carbocycles. The van der Waals surface area contributed by atoms with Crippen LogP contribution in [0.5, 0.6) is 0 Å². The highest BCUT2D eigenvalue weighted by Crippen LogP contribution is 2.19. The van der Waals surface area contributed by atoms with Crippen molar-refractivity contribution in [2.24, 2.45) is 0 Å². The normalized spacial score (nSPS) is 10.4. The molecule has 0 aliphatic heterocycles. The van der Waals surface area contributed by atoms with E-state index < -0.39 is 0 Å². The smallest absolute Gasteiger partial charge is 0.272 e. The molecule has 1 heterocycles. The topological polar surface area (TPSA) is 107 Å². The van der Waals surface area contributed by atoms with Gasteiger partial charge in [-0.3, -0.25) is 19.5 Å². The molecule has 0 bridgehead atoms. The van der Waals surface area contributed by atoms with Gasteiger partial charge in [-0.25, -0.2) is 0 Å². The van der Waals surface area contributed by atoms with Gasteiger partial charge in [-0.15, -0.1) is 0 Å². The minimum absolute atomic E-state index is 0.0956. The quantitative estimate of drug-likeness (QED) is 0.545. The van der Waals surface area contributed by atoms with Crippen LogP contribution in [0, 0.1) is 6.92 Å². The van der Waals surface area contributed by atoms with Gasteiger partial charge in [0.25, 0.3) is 5.91 Å². The molecule has 31 heavy (non-hydrogen) atoms. The lowest BCUT2D eigenvalue weighted by Crippen LogP contribution is -2.38. The molecule has 0 atom stereocenters. The number of nitrogens with zero attached hydrogens (tertiary/aromatic N) is 2. The van der Waals surface area contributed by atoms with Crippen molar-refractivity contribution in [2.75, 3.05) is 23.7 Å². The molecule has 0 fully saturated rings. The summed E-state index contributed by atoms with van der Waals surface area (Å²) in [6.45, 7) is 5.51. The molecule has 0 saturated heterocycles. The zero-order valence-corrected chi connectivity index (χ0v) is 17.7. The monoisotopic (exact) mass is 419 g/mol. The number of aromatic amines is 1. The van der Waals surface area contributed by atoms with Crippen LogP contribution in [0.15, 0.2) is 54.6 Å². The Morgan fingerprint density at radius 1 is 0.968 bits per heavy atom. The molecule has 0 aliphatic rings. The van der Waals surface area contributed by atoms with Crippen molar-refractivity contribution >= 4 is 29.1 Å². The Hall–Kier alpha value is -3.94. The number of benzene rings is 2. The molecule has 0 radical (unpaired) electrons. The molecular formula is C23H25N5O3. The van der Waals surface area contributed by atoms with E-state index in [0.717, 1.165) is 11.1 Å². The zero-order valence-electron chi connectivity index (χ0n) is 17.7. The standard InChI is InChI=1S/C23H25N5O3/c1-4-28(14-22(30)25-19-11-9-18(10-12-19)24-16(3)29)23(31)21-13-20(26-27-21)17-7-5-15(2)6-8-17/h5-13H,4,14H2,1-3H3,(H,24,29)(H,25,30)(H,26,27). The van der Waals surface area contributed by atoms with Gasteiger partial charge >= 0.3 is 0 Å². The number of anilines is 2. The number of H-pyrrole nitrogens is 1. The second kappa shape index (κ2) is 9.71. The summed E-state index contributed by atoms with van der Waals surface area (Å²) in [6.07, 6.45) is 0. The van der Waals surface area contributed by atoms with Crippen molar-refractivity contribution in [3.63, 3.8) is 0 Å². The summed E-state index contributed by atoms with van der Waals surface area (Å²) >= 11 is 0. The zero-order chi connectivity index (χ0) is 22.4. The molecule has 8 nitrogen and oxygen atoms in total. The van der Waals surface area contributed by atoms with Crippen molar-refractivity contribution in [2.45, 2.75) is 20.8 Å². The molecule has 2 aromatic carbocycles. The Balaban J connectivity index is 1.62. The van der Waals surface area contributed by atoms with Gasteiger partial charge in [0.2, 0.25) is 11.8 Å². The minimum Gasteiger partial charge on any atom is -0.328 e. The first-order chi connectivity index (χ1) is 14.9. The third-order valence-electron chi connectivity index (χ3n) is 4.65. The predicted octanol–water partition coefficient (Wildman–Crippen LogP) is 3.44. The van der Waals surface area contributed by atoms with Gasteiger partial charge in [0.15, 0.2) is 0 Å². The summed E-state index contributed by atoms with van der Waals surface area (Å²) in [6, 6.07) is 16.3. The van der Waals surface area contributed by atoms with Crippen LogP contribution in [0.25, 0.3) is 11.3 Å². The van der Waals surface area contributed by atoms with Gasteiger partial charge in [0.05, 0.1) is 5.69 Å². The van der Waals surface area contributed by atoms with E-state index in [1.807, 2.05) is 38.1 Å². The van der Waals surface area contributed by atoms with E-state index in [-0.39, 0.29) is 24.3 Å². The maximum atomic E-state index is 12.8. The first-order valence-corrected chi connectivity index (χ1v) is 9.95. The van der Waals surface area contributed by atoms with Crippen LogP contribution >= 0.6 is 0 Å². The van der Waals surface area contributed by atoms with Crippen molar-refractivity contribution in [3.8, 4) is 11.3 Å². The first-order valence-electron chi connectivity index (χ1n) is 9.95. The van der Waals surface area contributed by atoms with Crippen molar-refractivity contribution < 1.29 is 14.4 Å². The maximum Gasteiger partial charge on any atom is 0.272 e. The highest BCUT2D eigenvalue weighted by Gasteiger charge is 2.20.